The standard InChI is InChI=1S/C15H21NO4S/c1-3-15-13(7-8-20-15)10-16-21(18,19)14-6-4-5-12(9-14)11(2)17/h4-6,9,13,15-16H,3,7-8,10H2,1-2H3. The number of nitrogens with one attached hydrogen (secondary N) is 1. The Balaban J connectivity index is 2.08. The number of hydrogen-bond acceptors (Lipinski definition) is 4. The van der Waals surface area contributed by atoms with Gasteiger partial charge in [0.05, 0.1) is 11.0 Å². The molecule has 1 aliphatic rings. The second-order valence-corrected chi connectivity index (χ2v) is 7.07. The number of carbonyl (C=O) groups is 1. The van der Waals surface area contributed by atoms with Gasteiger partial charge in [-0.05, 0) is 31.9 Å². The fourth-order valence-corrected chi connectivity index (χ4v) is 3.70. The Kier molecular flexibility index (Phi) is 5.13. The molecule has 0 aliphatic carbocycles. The highest BCUT2D eigenvalue weighted by Gasteiger charge is 2.28. The summed E-state index contributed by atoms with van der Waals surface area (Å²) in [6.45, 7) is 4.50. The van der Waals surface area contributed by atoms with Crippen LogP contribution in [0.4, 0.5) is 0 Å². The molecule has 1 heterocycles. The van der Waals surface area contributed by atoms with E-state index in [-0.39, 0.29) is 22.7 Å². The Morgan fingerprint density at radius 2 is 2.19 bits per heavy atom. The summed E-state index contributed by atoms with van der Waals surface area (Å²) in [6, 6.07) is 6.10. The zero-order valence-corrected chi connectivity index (χ0v) is 13.2. The van der Waals surface area contributed by atoms with Gasteiger partial charge in [-0.15, -0.1) is 0 Å². The molecule has 0 amide bonds. The summed E-state index contributed by atoms with van der Waals surface area (Å²) in [4.78, 5) is 11.5. The molecule has 0 bridgehead atoms. The molecule has 5 nitrogen and oxygen atoms in total. The fraction of sp³-hybridized carbons (Fsp3) is 0.533. The van der Waals surface area contributed by atoms with E-state index in [2.05, 4.69) is 4.72 Å². The molecule has 0 aromatic heterocycles. The minimum absolute atomic E-state index is 0.122. The summed E-state index contributed by atoms with van der Waals surface area (Å²) in [6.07, 6.45) is 1.87. The van der Waals surface area contributed by atoms with Gasteiger partial charge in [0.1, 0.15) is 0 Å². The summed E-state index contributed by atoms with van der Waals surface area (Å²) in [7, 11) is -3.59. The third kappa shape index (κ3) is 3.90. The molecule has 2 rings (SSSR count). The number of carbonyl (C=O) groups excluding carboxylic acids is 1. The van der Waals surface area contributed by atoms with E-state index in [0.29, 0.717) is 18.7 Å². The topological polar surface area (TPSA) is 72.5 Å². The van der Waals surface area contributed by atoms with E-state index in [1.807, 2.05) is 6.92 Å². The largest absolute Gasteiger partial charge is 0.378 e. The van der Waals surface area contributed by atoms with Gasteiger partial charge < -0.3 is 4.74 Å². The fourth-order valence-electron chi connectivity index (χ4n) is 2.56. The molecule has 1 aliphatic heterocycles. The number of ketones is 1. The van der Waals surface area contributed by atoms with Gasteiger partial charge in [-0.3, -0.25) is 4.79 Å². The first kappa shape index (κ1) is 16.1. The summed E-state index contributed by atoms with van der Waals surface area (Å²) in [5, 5.41) is 0. The van der Waals surface area contributed by atoms with Crippen molar-refractivity contribution in [3.8, 4) is 0 Å². The zero-order valence-electron chi connectivity index (χ0n) is 12.3. The van der Waals surface area contributed by atoms with Gasteiger partial charge >= 0.3 is 0 Å². The Hall–Kier alpha value is -1.24. The van der Waals surface area contributed by atoms with Crippen LogP contribution in [-0.2, 0) is 14.8 Å². The Morgan fingerprint density at radius 1 is 1.43 bits per heavy atom. The van der Waals surface area contributed by atoms with Crippen LogP contribution >= 0.6 is 0 Å². The molecule has 1 fully saturated rings. The molecule has 0 spiro atoms. The molecule has 1 saturated heterocycles. The van der Waals surface area contributed by atoms with Crippen molar-refractivity contribution in [1.29, 1.82) is 0 Å². The number of Topliss-reactive ketones (excluding diaryl/α,β-unsaturated/α-hetero) is 1. The lowest BCUT2D eigenvalue weighted by Gasteiger charge is -2.17. The maximum atomic E-state index is 12.3. The lowest BCUT2D eigenvalue weighted by molar-refractivity contribution is 0.0884. The monoisotopic (exact) mass is 311 g/mol. The van der Waals surface area contributed by atoms with Crippen LogP contribution in [0.5, 0.6) is 0 Å². The third-order valence-corrected chi connectivity index (χ3v) is 5.26. The van der Waals surface area contributed by atoms with E-state index in [9.17, 15) is 13.2 Å². The first-order chi connectivity index (χ1) is 9.94. The molecule has 1 N–H and O–H groups in total. The van der Waals surface area contributed by atoms with E-state index >= 15 is 0 Å². The Bertz CT molecular complexity index is 612. The minimum Gasteiger partial charge on any atom is -0.378 e. The average Bonchev–Trinajstić information content (AvgIpc) is 2.93. The summed E-state index contributed by atoms with van der Waals surface area (Å²) < 4.78 is 32.8. The van der Waals surface area contributed by atoms with Crippen molar-refractivity contribution in [3.05, 3.63) is 29.8 Å². The quantitative estimate of drug-likeness (QED) is 0.815. The van der Waals surface area contributed by atoms with Gasteiger partial charge in [-0.2, -0.15) is 0 Å². The van der Waals surface area contributed by atoms with Gasteiger partial charge in [0.2, 0.25) is 10.0 Å². The van der Waals surface area contributed by atoms with E-state index in [1.165, 1.54) is 19.1 Å². The second-order valence-electron chi connectivity index (χ2n) is 5.30. The molecule has 1 aromatic rings. The van der Waals surface area contributed by atoms with Crippen LogP contribution < -0.4 is 4.72 Å². The van der Waals surface area contributed by atoms with Crippen LogP contribution in [0.3, 0.4) is 0 Å². The predicted octanol–water partition coefficient (Wildman–Crippen LogP) is 1.98. The molecule has 116 valence electrons. The lowest BCUT2D eigenvalue weighted by atomic mass is 10.0. The summed E-state index contributed by atoms with van der Waals surface area (Å²) in [5.74, 6) is 0.0584. The van der Waals surface area contributed by atoms with Crippen molar-refractivity contribution >= 4 is 15.8 Å². The van der Waals surface area contributed by atoms with E-state index in [1.54, 1.807) is 12.1 Å². The third-order valence-electron chi connectivity index (χ3n) is 3.84. The van der Waals surface area contributed by atoms with Crippen molar-refractivity contribution in [2.45, 2.75) is 37.7 Å². The van der Waals surface area contributed by atoms with Crippen LogP contribution in [0.2, 0.25) is 0 Å². The SMILES string of the molecule is CCC1OCCC1CNS(=O)(=O)c1cccc(C(C)=O)c1. The van der Waals surface area contributed by atoms with Gasteiger partial charge in [0.25, 0.3) is 0 Å². The van der Waals surface area contributed by atoms with Gasteiger partial charge in [0, 0.05) is 24.6 Å². The van der Waals surface area contributed by atoms with Crippen molar-refractivity contribution in [2.24, 2.45) is 5.92 Å². The molecule has 2 unspecified atom stereocenters. The maximum Gasteiger partial charge on any atom is 0.240 e. The van der Waals surface area contributed by atoms with Gasteiger partial charge in [-0.1, -0.05) is 19.1 Å². The number of hydrogen-bond donors (Lipinski definition) is 1. The normalized spacial score (nSPS) is 22.4. The molecule has 0 radical (unpaired) electrons. The Labute approximate surface area is 125 Å². The van der Waals surface area contributed by atoms with Crippen molar-refractivity contribution in [2.75, 3.05) is 13.2 Å². The first-order valence-corrected chi connectivity index (χ1v) is 8.64. The van der Waals surface area contributed by atoms with Crippen LogP contribution in [0.1, 0.15) is 37.0 Å². The van der Waals surface area contributed by atoms with Crippen molar-refractivity contribution < 1.29 is 17.9 Å². The van der Waals surface area contributed by atoms with Crippen molar-refractivity contribution in [3.63, 3.8) is 0 Å². The van der Waals surface area contributed by atoms with Gasteiger partial charge in [-0.25, -0.2) is 13.1 Å². The molecule has 6 heteroatoms. The highest BCUT2D eigenvalue weighted by Crippen LogP contribution is 2.23. The van der Waals surface area contributed by atoms with Crippen LogP contribution in [0.15, 0.2) is 29.2 Å². The van der Waals surface area contributed by atoms with Crippen LogP contribution in [0.25, 0.3) is 0 Å². The first-order valence-electron chi connectivity index (χ1n) is 7.16. The van der Waals surface area contributed by atoms with Gasteiger partial charge in [0.15, 0.2) is 5.78 Å². The lowest BCUT2D eigenvalue weighted by Crippen LogP contribution is -2.32. The average molecular weight is 311 g/mol. The molecule has 21 heavy (non-hydrogen) atoms. The van der Waals surface area contributed by atoms with E-state index in [4.69, 9.17) is 4.74 Å². The highest BCUT2D eigenvalue weighted by molar-refractivity contribution is 7.89. The highest BCUT2D eigenvalue weighted by atomic mass is 32.2. The van der Waals surface area contributed by atoms with E-state index < -0.39 is 10.0 Å². The summed E-state index contributed by atoms with van der Waals surface area (Å²) >= 11 is 0. The number of ether oxygens (including phenoxy) is 1. The maximum absolute atomic E-state index is 12.3. The molecule has 1 aromatic carbocycles. The van der Waals surface area contributed by atoms with Crippen LogP contribution in [-0.4, -0.2) is 33.5 Å². The Morgan fingerprint density at radius 3 is 2.86 bits per heavy atom. The number of sulfonamides is 1. The minimum atomic E-state index is -3.59. The van der Waals surface area contributed by atoms with E-state index in [0.717, 1.165) is 12.8 Å². The van der Waals surface area contributed by atoms with Crippen molar-refractivity contribution in [1.82, 2.24) is 4.72 Å². The van der Waals surface area contributed by atoms with Crippen LogP contribution in [0, 0.1) is 5.92 Å². The number of benzene rings is 1. The smallest absolute Gasteiger partial charge is 0.240 e. The number of rotatable bonds is 6. The molecular formula is C15H21NO4S. The predicted molar refractivity (Wildman–Crippen MR) is 79.8 cm³/mol. The molecule has 2 atom stereocenters. The molecule has 0 saturated carbocycles. The zero-order chi connectivity index (χ0) is 15.5. The second kappa shape index (κ2) is 6.68. The molecular weight excluding hydrogens is 290 g/mol. The summed E-state index contributed by atoms with van der Waals surface area (Å²) in [5.41, 5.74) is 0.397.